The zero-order chi connectivity index (χ0) is 12.8. The lowest BCUT2D eigenvalue weighted by Crippen LogP contribution is -2.23. The summed E-state index contributed by atoms with van der Waals surface area (Å²) in [4.78, 5) is 4.25. The Morgan fingerprint density at radius 3 is 2.65 bits per heavy atom. The molecule has 0 saturated carbocycles. The van der Waals surface area contributed by atoms with Crippen LogP contribution in [0.2, 0.25) is 0 Å². The van der Waals surface area contributed by atoms with E-state index in [1.807, 2.05) is 6.20 Å². The van der Waals surface area contributed by atoms with E-state index in [-0.39, 0.29) is 0 Å². The first-order valence-corrected chi connectivity index (χ1v) is 6.50. The molecule has 0 aliphatic rings. The fraction of sp³-hybridized carbons (Fsp3) is 0.643. The van der Waals surface area contributed by atoms with Gasteiger partial charge in [-0.2, -0.15) is 0 Å². The quantitative estimate of drug-likeness (QED) is 0.796. The lowest BCUT2D eigenvalue weighted by Gasteiger charge is -2.20. The predicted molar refractivity (Wildman–Crippen MR) is 73.9 cm³/mol. The van der Waals surface area contributed by atoms with Crippen molar-refractivity contribution < 1.29 is 0 Å². The summed E-state index contributed by atoms with van der Waals surface area (Å²) >= 11 is 0. The van der Waals surface area contributed by atoms with Crippen LogP contribution in [0.5, 0.6) is 0 Å². The molecule has 0 fully saturated rings. The molecule has 17 heavy (non-hydrogen) atoms. The molecular weight excluding hydrogens is 210 g/mol. The Morgan fingerprint density at radius 2 is 2.06 bits per heavy atom. The van der Waals surface area contributed by atoms with Gasteiger partial charge in [0.05, 0.1) is 0 Å². The molecule has 0 bridgehead atoms. The van der Waals surface area contributed by atoms with E-state index >= 15 is 0 Å². The molecule has 3 N–H and O–H groups in total. The highest BCUT2D eigenvalue weighted by Gasteiger charge is 2.14. The van der Waals surface area contributed by atoms with E-state index in [1.54, 1.807) is 0 Å². The van der Waals surface area contributed by atoms with Crippen molar-refractivity contribution in [3.63, 3.8) is 0 Å². The lowest BCUT2D eigenvalue weighted by atomic mass is 9.97. The fourth-order valence-corrected chi connectivity index (χ4v) is 2.00. The van der Waals surface area contributed by atoms with Crippen molar-refractivity contribution in [2.24, 2.45) is 5.92 Å². The fourth-order valence-electron chi connectivity index (χ4n) is 2.00. The first-order valence-electron chi connectivity index (χ1n) is 6.50. The summed E-state index contributed by atoms with van der Waals surface area (Å²) in [6.45, 7) is 9.64. The molecule has 1 unspecified atom stereocenters. The Hall–Kier alpha value is -1.09. The van der Waals surface area contributed by atoms with Gasteiger partial charge in [0, 0.05) is 17.8 Å². The number of nitrogen functional groups attached to an aromatic ring is 1. The standard InChI is InChI=1S/C14H25N3/c1-5-16-13(7-6-10(2)3)12-8-11(4)9-17-14(12)15/h8-10,13,16H,5-7H2,1-4H3,(H2,15,17). The van der Waals surface area contributed by atoms with Crippen molar-refractivity contribution in [2.45, 2.75) is 46.6 Å². The molecule has 1 aromatic heterocycles. The van der Waals surface area contributed by atoms with Gasteiger partial charge in [0.15, 0.2) is 0 Å². The van der Waals surface area contributed by atoms with Crippen LogP contribution < -0.4 is 11.1 Å². The predicted octanol–water partition coefficient (Wildman–Crippen LogP) is 3.06. The summed E-state index contributed by atoms with van der Waals surface area (Å²) in [5, 5.41) is 3.50. The van der Waals surface area contributed by atoms with Gasteiger partial charge in [0.25, 0.3) is 0 Å². The number of anilines is 1. The third-order valence-corrected chi connectivity index (χ3v) is 2.94. The molecule has 1 atom stereocenters. The summed E-state index contributed by atoms with van der Waals surface area (Å²) in [6.07, 6.45) is 4.14. The Morgan fingerprint density at radius 1 is 1.35 bits per heavy atom. The molecule has 0 radical (unpaired) electrons. The molecule has 0 saturated heterocycles. The molecule has 96 valence electrons. The molecule has 1 rings (SSSR count). The normalized spacial score (nSPS) is 13.0. The maximum Gasteiger partial charge on any atom is 0.128 e. The van der Waals surface area contributed by atoms with Crippen LogP contribution in [0.3, 0.4) is 0 Å². The largest absolute Gasteiger partial charge is 0.383 e. The molecule has 0 aromatic carbocycles. The van der Waals surface area contributed by atoms with E-state index in [0.717, 1.165) is 24.4 Å². The number of nitrogens with two attached hydrogens (primary N) is 1. The van der Waals surface area contributed by atoms with E-state index in [4.69, 9.17) is 5.73 Å². The number of hydrogen-bond donors (Lipinski definition) is 2. The molecule has 0 amide bonds. The zero-order valence-corrected chi connectivity index (χ0v) is 11.5. The summed E-state index contributed by atoms with van der Waals surface area (Å²) in [5.41, 5.74) is 8.29. The van der Waals surface area contributed by atoms with E-state index in [1.165, 1.54) is 12.0 Å². The smallest absolute Gasteiger partial charge is 0.128 e. The topological polar surface area (TPSA) is 50.9 Å². The second-order valence-electron chi connectivity index (χ2n) is 5.07. The van der Waals surface area contributed by atoms with E-state index in [0.29, 0.717) is 11.9 Å². The maximum atomic E-state index is 5.98. The number of rotatable bonds is 6. The van der Waals surface area contributed by atoms with Crippen LogP contribution in [0, 0.1) is 12.8 Å². The third-order valence-electron chi connectivity index (χ3n) is 2.94. The van der Waals surface area contributed by atoms with E-state index in [9.17, 15) is 0 Å². The number of pyridine rings is 1. The van der Waals surface area contributed by atoms with Gasteiger partial charge in [-0.1, -0.05) is 20.8 Å². The summed E-state index contributed by atoms with van der Waals surface area (Å²) in [7, 11) is 0. The summed E-state index contributed by atoms with van der Waals surface area (Å²) < 4.78 is 0. The first-order chi connectivity index (χ1) is 8.04. The number of hydrogen-bond acceptors (Lipinski definition) is 3. The van der Waals surface area contributed by atoms with Gasteiger partial charge >= 0.3 is 0 Å². The second-order valence-corrected chi connectivity index (χ2v) is 5.07. The Balaban J connectivity index is 2.84. The lowest BCUT2D eigenvalue weighted by molar-refractivity contribution is 0.448. The molecular formula is C14H25N3. The molecule has 0 aliphatic carbocycles. The highest BCUT2D eigenvalue weighted by atomic mass is 14.9. The average Bonchev–Trinajstić information content (AvgIpc) is 2.27. The van der Waals surface area contributed by atoms with Crippen molar-refractivity contribution in [1.82, 2.24) is 10.3 Å². The van der Waals surface area contributed by atoms with Crippen molar-refractivity contribution >= 4 is 5.82 Å². The minimum absolute atomic E-state index is 0.329. The minimum atomic E-state index is 0.329. The van der Waals surface area contributed by atoms with Crippen molar-refractivity contribution in [3.8, 4) is 0 Å². The van der Waals surface area contributed by atoms with Gasteiger partial charge in [-0.15, -0.1) is 0 Å². The summed E-state index contributed by atoms with van der Waals surface area (Å²) in [5.74, 6) is 1.38. The highest BCUT2D eigenvalue weighted by molar-refractivity contribution is 5.42. The van der Waals surface area contributed by atoms with Crippen LogP contribution in [-0.4, -0.2) is 11.5 Å². The van der Waals surface area contributed by atoms with E-state index < -0.39 is 0 Å². The number of aromatic nitrogens is 1. The molecule has 0 aliphatic heterocycles. The van der Waals surface area contributed by atoms with Crippen LogP contribution in [-0.2, 0) is 0 Å². The Bertz CT molecular complexity index is 347. The van der Waals surface area contributed by atoms with Crippen LogP contribution in [0.4, 0.5) is 5.82 Å². The van der Waals surface area contributed by atoms with Crippen LogP contribution >= 0.6 is 0 Å². The number of nitrogens with zero attached hydrogens (tertiary/aromatic N) is 1. The monoisotopic (exact) mass is 235 g/mol. The van der Waals surface area contributed by atoms with Gasteiger partial charge in [0.2, 0.25) is 0 Å². The van der Waals surface area contributed by atoms with Crippen molar-refractivity contribution in [2.75, 3.05) is 12.3 Å². The van der Waals surface area contributed by atoms with Crippen LogP contribution in [0.1, 0.15) is 50.8 Å². The third kappa shape index (κ3) is 4.35. The van der Waals surface area contributed by atoms with E-state index in [2.05, 4.69) is 44.1 Å². The van der Waals surface area contributed by atoms with Gasteiger partial charge < -0.3 is 11.1 Å². The SMILES string of the molecule is CCNC(CCC(C)C)c1cc(C)cnc1N. The maximum absolute atomic E-state index is 5.98. The average molecular weight is 235 g/mol. The highest BCUT2D eigenvalue weighted by Crippen LogP contribution is 2.25. The van der Waals surface area contributed by atoms with Gasteiger partial charge in [0.1, 0.15) is 5.82 Å². The Labute approximate surface area is 105 Å². The van der Waals surface area contributed by atoms with Gasteiger partial charge in [-0.3, -0.25) is 0 Å². The van der Waals surface area contributed by atoms with Crippen LogP contribution in [0.25, 0.3) is 0 Å². The van der Waals surface area contributed by atoms with Crippen LogP contribution in [0.15, 0.2) is 12.3 Å². The Kier molecular flexibility index (Phi) is 5.42. The molecule has 1 aromatic rings. The number of aryl methyl sites for hydroxylation is 1. The summed E-state index contributed by atoms with van der Waals surface area (Å²) in [6, 6.07) is 2.48. The second kappa shape index (κ2) is 6.60. The number of nitrogens with one attached hydrogen (secondary N) is 1. The minimum Gasteiger partial charge on any atom is -0.383 e. The first kappa shape index (κ1) is 14.0. The van der Waals surface area contributed by atoms with Crippen molar-refractivity contribution in [3.05, 3.63) is 23.4 Å². The van der Waals surface area contributed by atoms with Gasteiger partial charge in [-0.05, 0) is 43.9 Å². The van der Waals surface area contributed by atoms with Gasteiger partial charge in [-0.25, -0.2) is 4.98 Å². The molecule has 3 nitrogen and oxygen atoms in total. The zero-order valence-electron chi connectivity index (χ0n) is 11.5. The molecule has 0 spiro atoms. The van der Waals surface area contributed by atoms with Crippen molar-refractivity contribution in [1.29, 1.82) is 0 Å². The molecule has 1 heterocycles. The molecule has 3 heteroatoms.